The zero-order valence-electron chi connectivity index (χ0n) is 11.9. The molecule has 0 bridgehead atoms. The van der Waals surface area contributed by atoms with Gasteiger partial charge in [-0.05, 0) is 31.4 Å². The minimum Gasteiger partial charge on any atom is -0.383 e. The van der Waals surface area contributed by atoms with Gasteiger partial charge in [-0.25, -0.2) is 4.79 Å². The Morgan fingerprint density at radius 2 is 2.22 bits per heavy atom. The summed E-state index contributed by atoms with van der Waals surface area (Å²) in [6.45, 7) is 7.68. The summed E-state index contributed by atoms with van der Waals surface area (Å²) in [5, 5.41) is 5.96. The maximum absolute atomic E-state index is 11.8. The van der Waals surface area contributed by atoms with Crippen molar-refractivity contribution in [1.29, 1.82) is 0 Å². The van der Waals surface area contributed by atoms with Crippen molar-refractivity contribution in [3.05, 3.63) is 0 Å². The highest BCUT2D eigenvalue weighted by molar-refractivity contribution is 8.00. The maximum atomic E-state index is 11.8. The molecule has 1 heterocycles. The van der Waals surface area contributed by atoms with Crippen molar-refractivity contribution >= 4 is 17.8 Å². The molecule has 2 amide bonds. The Morgan fingerprint density at radius 1 is 1.50 bits per heavy atom. The van der Waals surface area contributed by atoms with Crippen molar-refractivity contribution in [2.45, 2.75) is 44.4 Å². The van der Waals surface area contributed by atoms with Crippen LogP contribution in [-0.4, -0.2) is 42.8 Å². The van der Waals surface area contributed by atoms with Gasteiger partial charge in [-0.3, -0.25) is 0 Å². The van der Waals surface area contributed by atoms with Crippen LogP contribution in [0.1, 0.15) is 33.6 Å². The molecule has 1 aliphatic heterocycles. The minimum absolute atomic E-state index is 0.0686. The predicted molar refractivity (Wildman–Crippen MR) is 77.1 cm³/mol. The summed E-state index contributed by atoms with van der Waals surface area (Å²) in [5.41, 5.74) is 0. The normalized spacial score (nSPS) is 25.2. The molecule has 0 saturated carbocycles. The lowest BCUT2D eigenvalue weighted by Gasteiger charge is -2.25. The summed E-state index contributed by atoms with van der Waals surface area (Å²) in [4.78, 5) is 11.8. The number of methoxy groups -OCH3 is 1. The van der Waals surface area contributed by atoms with Crippen LogP contribution in [0.15, 0.2) is 0 Å². The first kappa shape index (κ1) is 15.6. The van der Waals surface area contributed by atoms with E-state index in [1.54, 1.807) is 7.11 Å². The molecule has 0 aromatic rings. The lowest BCUT2D eigenvalue weighted by Crippen LogP contribution is -2.49. The third kappa shape index (κ3) is 5.06. The Hall–Kier alpha value is -0.420. The van der Waals surface area contributed by atoms with Crippen molar-refractivity contribution in [2.75, 3.05) is 26.0 Å². The molecule has 2 unspecified atom stereocenters. The van der Waals surface area contributed by atoms with E-state index >= 15 is 0 Å². The smallest absolute Gasteiger partial charge is 0.315 e. The third-order valence-electron chi connectivity index (χ3n) is 3.39. The van der Waals surface area contributed by atoms with Crippen LogP contribution in [-0.2, 0) is 4.74 Å². The predicted octanol–water partition coefficient (Wildman–Crippen LogP) is 2.24. The number of thioether (sulfide) groups is 1. The third-order valence-corrected chi connectivity index (χ3v) is 4.93. The second kappa shape index (κ2) is 7.24. The summed E-state index contributed by atoms with van der Waals surface area (Å²) in [6, 6.07) is -0.0153. The lowest BCUT2D eigenvalue weighted by molar-refractivity contribution is 0.147. The SMILES string of the molecule is COCC(NC(=O)NCC1(C)CCCS1)C(C)C. The molecular weight excluding hydrogens is 248 g/mol. The number of hydrogen-bond acceptors (Lipinski definition) is 3. The summed E-state index contributed by atoms with van der Waals surface area (Å²) in [6.07, 6.45) is 2.44. The molecule has 1 saturated heterocycles. The molecule has 1 rings (SSSR count). The number of hydrogen-bond donors (Lipinski definition) is 2. The number of urea groups is 1. The van der Waals surface area contributed by atoms with E-state index in [9.17, 15) is 4.79 Å². The molecule has 1 fully saturated rings. The van der Waals surface area contributed by atoms with E-state index in [1.165, 1.54) is 18.6 Å². The van der Waals surface area contributed by atoms with Crippen LogP contribution in [0.3, 0.4) is 0 Å². The van der Waals surface area contributed by atoms with Crippen LogP contribution in [0.4, 0.5) is 4.79 Å². The van der Waals surface area contributed by atoms with Crippen molar-refractivity contribution in [1.82, 2.24) is 10.6 Å². The van der Waals surface area contributed by atoms with E-state index in [-0.39, 0.29) is 16.8 Å². The number of nitrogens with one attached hydrogen (secondary N) is 2. The molecule has 0 aromatic heterocycles. The molecule has 18 heavy (non-hydrogen) atoms. The van der Waals surface area contributed by atoms with Gasteiger partial charge >= 0.3 is 6.03 Å². The monoisotopic (exact) mass is 274 g/mol. The van der Waals surface area contributed by atoms with Gasteiger partial charge in [0.25, 0.3) is 0 Å². The van der Waals surface area contributed by atoms with Gasteiger partial charge in [0, 0.05) is 18.4 Å². The van der Waals surface area contributed by atoms with Gasteiger partial charge in [-0.15, -0.1) is 0 Å². The molecule has 2 N–H and O–H groups in total. The molecular formula is C13H26N2O2S. The molecule has 4 nitrogen and oxygen atoms in total. The molecule has 106 valence electrons. The Kier molecular flexibility index (Phi) is 6.29. The van der Waals surface area contributed by atoms with E-state index in [1.807, 2.05) is 11.8 Å². The lowest BCUT2D eigenvalue weighted by atomic mass is 10.1. The number of carbonyl (C=O) groups is 1. The molecule has 0 aromatic carbocycles. The molecule has 0 aliphatic carbocycles. The number of ether oxygens (including phenoxy) is 1. The molecule has 2 atom stereocenters. The fourth-order valence-electron chi connectivity index (χ4n) is 2.04. The number of amides is 2. The van der Waals surface area contributed by atoms with Crippen LogP contribution in [0.2, 0.25) is 0 Å². The molecule has 0 spiro atoms. The molecule has 5 heteroatoms. The van der Waals surface area contributed by atoms with Gasteiger partial charge in [0.2, 0.25) is 0 Å². The highest BCUT2D eigenvalue weighted by atomic mass is 32.2. The quantitative estimate of drug-likeness (QED) is 0.781. The van der Waals surface area contributed by atoms with Gasteiger partial charge in [0.05, 0.1) is 12.6 Å². The zero-order valence-corrected chi connectivity index (χ0v) is 12.7. The maximum Gasteiger partial charge on any atom is 0.315 e. The first-order valence-electron chi connectivity index (χ1n) is 6.64. The number of rotatable bonds is 6. The highest BCUT2D eigenvalue weighted by Crippen LogP contribution is 2.36. The van der Waals surface area contributed by atoms with Gasteiger partial charge in [0.1, 0.15) is 0 Å². The van der Waals surface area contributed by atoms with Gasteiger partial charge < -0.3 is 15.4 Å². The zero-order chi connectivity index (χ0) is 13.6. The fourth-order valence-corrected chi connectivity index (χ4v) is 3.29. The van der Waals surface area contributed by atoms with Crippen LogP contribution in [0, 0.1) is 5.92 Å². The Bertz CT molecular complexity index is 266. The summed E-state index contributed by atoms with van der Waals surface area (Å²) < 4.78 is 5.33. The first-order valence-corrected chi connectivity index (χ1v) is 7.63. The van der Waals surface area contributed by atoms with Crippen molar-refractivity contribution in [3.63, 3.8) is 0 Å². The van der Waals surface area contributed by atoms with Gasteiger partial charge in [-0.1, -0.05) is 13.8 Å². The first-order chi connectivity index (χ1) is 8.47. The van der Waals surface area contributed by atoms with Crippen molar-refractivity contribution in [3.8, 4) is 0 Å². The van der Waals surface area contributed by atoms with E-state index < -0.39 is 0 Å². The Balaban J connectivity index is 2.31. The average molecular weight is 274 g/mol. The van der Waals surface area contributed by atoms with Gasteiger partial charge in [0.15, 0.2) is 0 Å². The Morgan fingerprint density at radius 3 is 2.72 bits per heavy atom. The second-order valence-corrected chi connectivity index (χ2v) is 7.22. The summed E-state index contributed by atoms with van der Waals surface area (Å²) in [5.74, 6) is 1.57. The van der Waals surface area contributed by atoms with Gasteiger partial charge in [-0.2, -0.15) is 11.8 Å². The van der Waals surface area contributed by atoms with Crippen LogP contribution >= 0.6 is 11.8 Å². The minimum atomic E-state index is -0.0838. The van der Waals surface area contributed by atoms with E-state index in [2.05, 4.69) is 31.4 Å². The highest BCUT2D eigenvalue weighted by Gasteiger charge is 2.30. The second-order valence-electron chi connectivity index (χ2n) is 5.53. The van der Waals surface area contributed by atoms with E-state index in [0.29, 0.717) is 12.5 Å². The van der Waals surface area contributed by atoms with Crippen LogP contribution in [0.5, 0.6) is 0 Å². The standard InChI is InChI=1S/C13H26N2O2S/c1-10(2)11(8-17-4)15-12(16)14-9-13(3)6-5-7-18-13/h10-11H,5-9H2,1-4H3,(H2,14,15,16). The topological polar surface area (TPSA) is 50.4 Å². The average Bonchev–Trinajstić information content (AvgIpc) is 2.73. The van der Waals surface area contributed by atoms with Crippen molar-refractivity contribution in [2.24, 2.45) is 5.92 Å². The largest absolute Gasteiger partial charge is 0.383 e. The number of carbonyl (C=O) groups excluding carboxylic acids is 1. The fraction of sp³-hybridized carbons (Fsp3) is 0.923. The van der Waals surface area contributed by atoms with Crippen LogP contribution in [0.25, 0.3) is 0 Å². The Labute approximate surface area is 115 Å². The van der Waals surface area contributed by atoms with Crippen molar-refractivity contribution < 1.29 is 9.53 Å². The van der Waals surface area contributed by atoms with E-state index in [0.717, 1.165) is 6.54 Å². The van der Waals surface area contributed by atoms with Crippen LogP contribution < -0.4 is 10.6 Å². The summed E-state index contributed by atoms with van der Waals surface area (Å²) >= 11 is 1.95. The summed E-state index contributed by atoms with van der Waals surface area (Å²) in [7, 11) is 1.66. The molecule has 1 aliphatic rings. The molecule has 0 radical (unpaired) electrons. The van der Waals surface area contributed by atoms with E-state index in [4.69, 9.17) is 4.74 Å².